The summed E-state index contributed by atoms with van der Waals surface area (Å²) >= 11 is 0. The lowest BCUT2D eigenvalue weighted by molar-refractivity contribution is 0.0522. The van der Waals surface area contributed by atoms with Crippen LogP contribution in [0.25, 0.3) is 0 Å². The van der Waals surface area contributed by atoms with Gasteiger partial charge < -0.3 is 15.2 Å². The molecule has 1 amide bonds. The Balaban J connectivity index is 2.79. The molecule has 0 unspecified atom stereocenters. The molecular formula is C12H14F3NO3. The molecular weight excluding hydrogens is 263 g/mol. The van der Waals surface area contributed by atoms with E-state index in [1.807, 2.05) is 0 Å². The predicted octanol–water partition coefficient (Wildman–Crippen LogP) is 2.83. The van der Waals surface area contributed by atoms with Crippen LogP contribution >= 0.6 is 0 Å². The van der Waals surface area contributed by atoms with E-state index >= 15 is 0 Å². The molecule has 0 saturated heterocycles. The van der Waals surface area contributed by atoms with Crippen molar-refractivity contribution < 1.29 is 27.8 Å². The number of phenols is 1. The molecule has 0 aromatic heterocycles. The largest absolute Gasteiger partial charge is 0.503 e. The van der Waals surface area contributed by atoms with Gasteiger partial charge in [0.2, 0.25) is 0 Å². The first-order valence-electron chi connectivity index (χ1n) is 5.44. The van der Waals surface area contributed by atoms with Gasteiger partial charge in [-0.2, -0.15) is 0 Å². The van der Waals surface area contributed by atoms with Crippen LogP contribution in [0.2, 0.25) is 0 Å². The van der Waals surface area contributed by atoms with Crippen molar-refractivity contribution in [2.45, 2.75) is 32.9 Å². The maximum absolute atomic E-state index is 13.4. The first-order valence-corrected chi connectivity index (χ1v) is 5.44. The van der Waals surface area contributed by atoms with Crippen LogP contribution in [-0.2, 0) is 11.3 Å². The molecule has 0 heterocycles. The molecule has 0 bridgehead atoms. The van der Waals surface area contributed by atoms with Gasteiger partial charge in [0, 0.05) is 11.6 Å². The van der Waals surface area contributed by atoms with Gasteiger partial charge >= 0.3 is 6.09 Å². The fourth-order valence-corrected chi connectivity index (χ4v) is 1.26. The molecule has 19 heavy (non-hydrogen) atoms. The average Bonchev–Trinajstić information content (AvgIpc) is 2.23. The lowest BCUT2D eigenvalue weighted by Gasteiger charge is -2.19. The third-order valence-electron chi connectivity index (χ3n) is 2.05. The van der Waals surface area contributed by atoms with Gasteiger partial charge in [0.1, 0.15) is 11.4 Å². The lowest BCUT2D eigenvalue weighted by atomic mass is 10.1. The number of hydrogen-bond donors (Lipinski definition) is 2. The number of ether oxygens (including phenoxy) is 1. The van der Waals surface area contributed by atoms with Crippen molar-refractivity contribution in [2.24, 2.45) is 0 Å². The van der Waals surface area contributed by atoms with Crippen LogP contribution in [0, 0.1) is 17.5 Å². The SMILES string of the molecule is CC(C)(C)OC(=O)NCc1c(F)cc(F)c(O)c1F. The highest BCUT2D eigenvalue weighted by Crippen LogP contribution is 2.25. The van der Waals surface area contributed by atoms with Crippen molar-refractivity contribution in [3.05, 3.63) is 29.1 Å². The molecule has 2 N–H and O–H groups in total. The molecule has 0 fully saturated rings. The monoisotopic (exact) mass is 277 g/mol. The summed E-state index contributed by atoms with van der Waals surface area (Å²) in [6, 6.07) is 0.338. The second-order valence-corrected chi connectivity index (χ2v) is 4.84. The van der Waals surface area contributed by atoms with Gasteiger partial charge in [-0.05, 0) is 20.8 Å². The Hall–Kier alpha value is -1.92. The quantitative estimate of drug-likeness (QED) is 0.874. The van der Waals surface area contributed by atoms with E-state index in [1.165, 1.54) is 0 Å². The normalized spacial score (nSPS) is 11.3. The van der Waals surface area contributed by atoms with Gasteiger partial charge in [-0.3, -0.25) is 0 Å². The van der Waals surface area contributed by atoms with Gasteiger partial charge in [0.15, 0.2) is 17.4 Å². The van der Waals surface area contributed by atoms with E-state index in [0.717, 1.165) is 0 Å². The maximum atomic E-state index is 13.4. The van der Waals surface area contributed by atoms with Crippen LogP contribution in [0.4, 0.5) is 18.0 Å². The second kappa shape index (κ2) is 5.38. The number of halogens is 3. The van der Waals surface area contributed by atoms with Gasteiger partial charge in [0.25, 0.3) is 0 Å². The molecule has 7 heteroatoms. The third kappa shape index (κ3) is 4.04. The summed E-state index contributed by atoms with van der Waals surface area (Å²) in [7, 11) is 0. The van der Waals surface area contributed by atoms with Crippen LogP contribution in [0.15, 0.2) is 6.07 Å². The van der Waals surface area contributed by atoms with Crippen LogP contribution < -0.4 is 5.32 Å². The summed E-state index contributed by atoms with van der Waals surface area (Å²) in [6.07, 6.45) is -0.880. The molecule has 0 aliphatic heterocycles. The van der Waals surface area contributed by atoms with Crippen molar-refractivity contribution >= 4 is 6.09 Å². The fraction of sp³-hybridized carbons (Fsp3) is 0.417. The Morgan fingerprint density at radius 3 is 2.42 bits per heavy atom. The number of rotatable bonds is 2. The summed E-state index contributed by atoms with van der Waals surface area (Å²) in [6.45, 7) is 4.30. The van der Waals surface area contributed by atoms with Crippen LogP contribution in [0.3, 0.4) is 0 Å². The number of alkyl carbamates (subject to hydrolysis) is 1. The molecule has 1 aromatic carbocycles. The number of amides is 1. The van der Waals surface area contributed by atoms with Gasteiger partial charge in [-0.15, -0.1) is 0 Å². The van der Waals surface area contributed by atoms with Crippen molar-refractivity contribution in [1.82, 2.24) is 5.32 Å². The number of hydrogen-bond acceptors (Lipinski definition) is 3. The first kappa shape index (κ1) is 15.1. The first-order chi connectivity index (χ1) is 8.61. The van der Waals surface area contributed by atoms with Gasteiger partial charge in [-0.25, -0.2) is 18.0 Å². The van der Waals surface area contributed by atoms with E-state index in [-0.39, 0.29) is 0 Å². The average molecular weight is 277 g/mol. The molecule has 0 aliphatic rings. The summed E-state index contributed by atoms with van der Waals surface area (Å²) in [5.74, 6) is -5.35. The van der Waals surface area contributed by atoms with Crippen molar-refractivity contribution in [2.75, 3.05) is 0 Å². The number of carbonyl (C=O) groups excluding carboxylic acids is 1. The summed E-state index contributed by atoms with van der Waals surface area (Å²) in [5, 5.41) is 11.1. The molecule has 0 saturated carbocycles. The molecule has 4 nitrogen and oxygen atoms in total. The fourth-order valence-electron chi connectivity index (χ4n) is 1.26. The minimum Gasteiger partial charge on any atom is -0.503 e. The minimum atomic E-state index is -1.45. The number of phenolic OH excluding ortho intramolecular Hbond substituents is 1. The minimum absolute atomic E-state index is 0.338. The smallest absolute Gasteiger partial charge is 0.407 e. The molecule has 0 spiro atoms. The highest BCUT2D eigenvalue weighted by Gasteiger charge is 2.20. The summed E-state index contributed by atoms with van der Waals surface area (Å²) in [5.41, 5.74) is -1.41. The Morgan fingerprint density at radius 1 is 1.32 bits per heavy atom. The zero-order valence-electron chi connectivity index (χ0n) is 10.7. The van der Waals surface area contributed by atoms with E-state index in [2.05, 4.69) is 5.32 Å². The van der Waals surface area contributed by atoms with Crippen molar-refractivity contribution in [1.29, 1.82) is 0 Å². The van der Waals surface area contributed by atoms with Gasteiger partial charge in [0.05, 0.1) is 6.54 Å². The highest BCUT2D eigenvalue weighted by atomic mass is 19.1. The standard InChI is InChI=1S/C12H14F3NO3/c1-12(2,3)19-11(18)16-5-6-7(13)4-8(14)10(17)9(6)15/h4,17H,5H2,1-3H3,(H,16,18). The topological polar surface area (TPSA) is 58.6 Å². The highest BCUT2D eigenvalue weighted by molar-refractivity contribution is 5.67. The molecule has 0 radical (unpaired) electrons. The summed E-state index contributed by atoms with van der Waals surface area (Å²) < 4.78 is 44.3. The molecule has 1 rings (SSSR count). The Labute approximate surface area is 108 Å². The summed E-state index contributed by atoms with van der Waals surface area (Å²) in [4.78, 5) is 11.3. The van der Waals surface area contributed by atoms with E-state index in [9.17, 15) is 18.0 Å². The Kier molecular flexibility index (Phi) is 4.28. The van der Waals surface area contributed by atoms with E-state index in [4.69, 9.17) is 9.84 Å². The van der Waals surface area contributed by atoms with Crippen molar-refractivity contribution in [3.8, 4) is 5.75 Å². The third-order valence-corrected chi connectivity index (χ3v) is 2.05. The van der Waals surface area contributed by atoms with Crippen LogP contribution in [0.1, 0.15) is 26.3 Å². The van der Waals surface area contributed by atoms with Crippen LogP contribution in [0.5, 0.6) is 5.75 Å². The number of carbonyl (C=O) groups is 1. The zero-order chi connectivity index (χ0) is 14.8. The van der Waals surface area contributed by atoms with Gasteiger partial charge in [-0.1, -0.05) is 0 Å². The molecule has 106 valence electrons. The zero-order valence-corrected chi connectivity index (χ0v) is 10.7. The van der Waals surface area contributed by atoms with E-state index in [1.54, 1.807) is 20.8 Å². The van der Waals surface area contributed by atoms with Crippen LogP contribution in [-0.4, -0.2) is 16.8 Å². The maximum Gasteiger partial charge on any atom is 0.407 e. The molecule has 1 aromatic rings. The van der Waals surface area contributed by atoms with E-state index in [0.29, 0.717) is 6.07 Å². The Bertz CT molecular complexity index is 498. The van der Waals surface area contributed by atoms with Crippen molar-refractivity contribution in [3.63, 3.8) is 0 Å². The predicted molar refractivity (Wildman–Crippen MR) is 61.1 cm³/mol. The number of benzene rings is 1. The van der Waals surface area contributed by atoms with E-state index < -0.39 is 47.0 Å². The second-order valence-electron chi connectivity index (χ2n) is 4.84. The molecule has 0 aliphatic carbocycles. The molecule has 0 atom stereocenters. The Morgan fingerprint density at radius 2 is 1.89 bits per heavy atom. The number of nitrogens with one attached hydrogen (secondary N) is 1. The number of aromatic hydroxyl groups is 1. The lowest BCUT2D eigenvalue weighted by Crippen LogP contribution is -2.32.